The van der Waals surface area contributed by atoms with Gasteiger partial charge in [0.05, 0.1) is 24.0 Å². The van der Waals surface area contributed by atoms with Crippen LogP contribution in [0, 0.1) is 10.1 Å². The van der Waals surface area contributed by atoms with Gasteiger partial charge in [0, 0.05) is 50.9 Å². The number of hydrogen-bond donors (Lipinski definition) is 0. The first-order valence-corrected chi connectivity index (χ1v) is 10.5. The predicted octanol–water partition coefficient (Wildman–Crippen LogP) is 2.12. The number of methoxy groups -OCH3 is 2. The molecule has 10 heteroatoms. The standard InChI is InChI=1S/C19H23N3O6S/c1-27-18-8-7-17(13-19(18)28-2)29(25,26)21-11-9-20(10-12-21)14-15-3-5-16(6-4-15)22(23)24/h3-8,13H,9-12,14H2,1-2H3. The van der Waals surface area contributed by atoms with Crippen molar-refractivity contribution in [1.29, 1.82) is 0 Å². The fraction of sp³-hybridized carbons (Fsp3) is 0.368. The van der Waals surface area contributed by atoms with Gasteiger partial charge in [0.25, 0.3) is 5.69 Å². The molecule has 29 heavy (non-hydrogen) atoms. The van der Waals surface area contributed by atoms with Gasteiger partial charge in [-0.05, 0) is 17.7 Å². The first kappa shape index (κ1) is 21.0. The van der Waals surface area contributed by atoms with Crippen molar-refractivity contribution in [2.45, 2.75) is 11.4 Å². The molecule has 0 saturated carbocycles. The van der Waals surface area contributed by atoms with E-state index in [1.807, 2.05) is 0 Å². The van der Waals surface area contributed by atoms with Crippen LogP contribution in [-0.4, -0.2) is 62.9 Å². The third kappa shape index (κ3) is 4.66. The highest BCUT2D eigenvalue weighted by atomic mass is 32.2. The number of hydrogen-bond acceptors (Lipinski definition) is 7. The van der Waals surface area contributed by atoms with Crippen molar-refractivity contribution in [3.8, 4) is 11.5 Å². The van der Waals surface area contributed by atoms with Gasteiger partial charge < -0.3 is 9.47 Å². The molecule has 0 radical (unpaired) electrons. The van der Waals surface area contributed by atoms with E-state index in [0.717, 1.165) is 5.56 Å². The zero-order valence-electron chi connectivity index (χ0n) is 16.3. The zero-order valence-corrected chi connectivity index (χ0v) is 17.1. The van der Waals surface area contributed by atoms with E-state index in [-0.39, 0.29) is 10.6 Å². The summed E-state index contributed by atoms with van der Waals surface area (Å²) in [6, 6.07) is 11.0. The van der Waals surface area contributed by atoms with E-state index in [4.69, 9.17) is 9.47 Å². The van der Waals surface area contributed by atoms with Crippen molar-refractivity contribution in [1.82, 2.24) is 9.21 Å². The Morgan fingerprint density at radius 1 is 0.966 bits per heavy atom. The van der Waals surface area contributed by atoms with Gasteiger partial charge in [-0.15, -0.1) is 0 Å². The van der Waals surface area contributed by atoms with E-state index >= 15 is 0 Å². The van der Waals surface area contributed by atoms with Gasteiger partial charge in [0.1, 0.15) is 0 Å². The second-order valence-electron chi connectivity index (χ2n) is 6.62. The Morgan fingerprint density at radius 3 is 2.14 bits per heavy atom. The van der Waals surface area contributed by atoms with Crippen molar-refractivity contribution in [3.05, 3.63) is 58.1 Å². The summed E-state index contributed by atoms with van der Waals surface area (Å²) < 4.78 is 37.8. The van der Waals surface area contributed by atoms with Crippen LogP contribution in [0.5, 0.6) is 11.5 Å². The number of sulfonamides is 1. The summed E-state index contributed by atoms with van der Waals surface area (Å²) in [6.07, 6.45) is 0. The van der Waals surface area contributed by atoms with Crippen molar-refractivity contribution in [2.75, 3.05) is 40.4 Å². The molecular formula is C19H23N3O6S. The van der Waals surface area contributed by atoms with Crippen LogP contribution < -0.4 is 9.47 Å². The molecule has 1 aliphatic heterocycles. The summed E-state index contributed by atoms with van der Waals surface area (Å²) in [7, 11) is -0.675. The number of benzene rings is 2. The van der Waals surface area contributed by atoms with Gasteiger partial charge in [-0.25, -0.2) is 8.42 Å². The minimum Gasteiger partial charge on any atom is -0.493 e. The van der Waals surface area contributed by atoms with Crippen LogP contribution in [0.25, 0.3) is 0 Å². The highest BCUT2D eigenvalue weighted by Crippen LogP contribution is 2.31. The first-order valence-electron chi connectivity index (χ1n) is 9.03. The van der Waals surface area contributed by atoms with E-state index in [9.17, 15) is 18.5 Å². The quantitative estimate of drug-likeness (QED) is 0.498. The number of non-ortho nitro benzene ring substituents is 1. The zero-order chi connectivity index (χ0) is 21.0. The maximum Gasteiger partial charge on any atom is 0.269 e. The summed E-state index contributed by atoms with van der Waals surface area (Å²) in [4.78, 5) is 12.6. The SMILES string of the molecule is COc1ccc(S(=O)(=O)N2CCN(Cc3ccc([N+](=O)[O-])cc3)CC2)cc1OC. The molecule has 0 N–H and O–H groups in total. The fourth-order valence-corrected chi connectivity index (χ4v) is 4.67. The molecule has 9 nitrogen and oxygen atoms in total. The molecule has 156 valence electrons. The largest absolute Gasteiger partial charge is 0.493 e. The minimum atomic E-state index is -3.63. The second-order valence-corrected chi connectivity index (χ2v) is 8.56. The van der Waals surface area contributed by atoms with Gasteiger partial charge in [-0.2, -0.15) is 4.31 Å². The molecule has 0 atom stereocenters. The smallest absolute Gasteiger partial charge is 0.269 e. The second kappa shape index (κ2) is 8.76. The normalized spacial score (nSPS) is 15.8. The predicted molar refractivity (Wildman–Crippen MR) is 107 cm³/mol. The molecule has 3 rings (SSSR count). The molecule has 1 fully saturated rings. The van der Waals surface area contributed by atoms with E-state index in [1.165, 1.54) is 42.8 Å². The van der Waals surface area contributed by atoms with E-state index in [0.29, 0.717) is 44.2 Å². The van der Waals surface area contributed by atoms with Crippen LogP contribution in [-0.2, 0) is 16.6 Å². The molecule has 1 heterocycles. The van der Waals surface area contributed by atoms with Crippen LogP contribution in [0.1, 0.15) is 5.56 Å². The Kier molecular flexibility index (Phi) is 6.36. The summed E-state index contributed by atoms with van der Waals surface area (Å²) in [5, 5.41) is 10.7. The van der Waals surface area contributed by atoms with Gasteiger partial charge in [0.2, 0.25) is 10.0 Å². The third-order valence-corrected chi connectivity index (χ3v) is 6.77. The van der Waals surface area contributed by atoms with E-state index in [2.05, 4.69) is 4.90 Å². The Hall–Kier alpha value is -2.69. The third-order valence-electron chi connectivity index (χ3n) is 4.88. The van der Waals surface area contributed by atoms with Gasteiger partial charge in [-0.1, -0.05) is 12.1 Å². The first-order chi connectivity index (χ1) is 13.8. The summed E-state index contributed by atoms with van der Waals surface area (Å²) in [5.41, 5.74) is 1.01. The van der Waals surface area contributed by atoms with Crippen molar-refractivity contribution in [2.24, 2.45) is 0 Å². The molecule has 0 aliphatic carbocycles. The summed E-state index contributed by atoms with van der Waals surface area (Å²) in [6.45, 7) is 2.49. The molecule has 2 aromatic rings. The number of piperazine rings is 1. The highest BCUT2D eigenvalue weighted by molar-refractivity contribution is 7.89. The van der Waals surface area contributed by atoms with Crippen LogP contribution in [0.2, 0.25) is 0 Å². The van der Waals surface area contributed by atoms with Gasteiger partial charge >= 0.3 is 0 Å². The molecule has 0 unspecified atom stereocenters. The van der Waals surface area contributed by atoms with Crippen molar-refractivity contribution in [3.63, 3.8) is 0 Å². The Bertz CT molecular complexity index is 970. The maximum atomic E-state index is 13.0. The number of nitro benzene ring substituents is 1. The number of nitrogens with zero attached hydrogens (tertiary/aromatic N) is 3. The molecule has 0 spiro atoms. The Morgan fingerprint density at radius 2 is 1.59 bits per heavy atom. The molecule has 0 amide bonds. The summed E-state index contributed by atoms with van der Waals surface area (Å²) >= 11 is 0. The van der Waals surface area contributed by atoms with Crippen LogP contribution in [0.15, 0.2) is 47.4 Å². The maximum absolute atomic E-state index is 13.0. The molecule has 0 bridgehead atoms. The average molecular weight is 421 g/mol. The molecule has 0 aromatic heterocycles. The van der Waals surface area contributed by atoms with E-state index in [1.54, 1.807) is 18.2 Å². The molecule has 1 saturated heterocycles. The van der Waals surface area contributed by atoms with Crippen molar-refractivity contribution < 1.29 is 22.8 Å². The van der Waals surface area contributed by atoms with Crippen LogP contribution in [0.4, 0.5) is 5.69 Å². The average Bonchev–Trinajstić information content (AvgIpc) is 2.74. The lowest BCUT2D eigenvalue weighted by atomic mass is 10.2. The molecule has 1 aliphatic rings. The Balaban J connectivity index is 1.64. The number of rotatable bonds is 7. The lowest BCUT2D eigenvalue weighted by molar-refractivity contribution is -0.384. The van der Waals surface area contributed by atoms with Gasteiger partial charge in [-0.3, -0.25) is 15.0 Å². The van der Waals surface area contributed by atoms with Crippen LogP contribution >= 0.6 is 0 Å². The fourth-order valence-electron chi connectivity index (χ4n) is 3.24. The molecule has 2 aromatic carbocycles. The Labute approximate surface area is 169 Å². The van der Waals surface area contributed by atoms with Crippen molar-refractivity contribution >= 4 is 15.7 Å². The molecular weight excluding hydrogens is 398 g/mol. The topological polar surface area (TPSA) is 102 Å². The lowest BCUT2D eigenvalue weighted by Crippen LogP contribution is -2.48. The number of nitro groups is 1. The lowest BCUT2D eigenvalue weighted by Gasteiger charge is -2.34. The minimum absolute atomic E-state index is 0.0552. The highest BCUT2D eigenvalue weighted by Gasteiger charge is 2.29. The monoisotopic (exact) mass is 421 g/mol. The number of ether oxygens (including phenoxy) is 2. The van der Waals surface area contributed by atoms with E-state index < -0.39 is 14.9 Å². The van der Waals surface area contributed by atoms with Gasteiger partial charge in [0.15, 0.2) is 11.5 Å². The summed E-state index contributed by atoms with van der Waals surface area (Å²) in [5.74, 6) is 0.838. The van der Waals surface area contributed by atoms with Crippen LogP contribution in [0.3, 0.4) is 0 Å².